The van der Waals surface area contributed by atoms with Crippen molar-refractivity contribution in [3.05, 3.63) is 59.7 Å². The maximum Gasteiger partial charge on any atom is 0.407 e. The number of ether oxygens (including phenoxy) is 2. The molecule has 0 saturated carbocycles. The summed E-state index contributed by atoms with van der Waals surface area (Å²) < 4.78 is 10.7. The Morgan fingerprint density at radius 1 is 1.00 bits per heavy atom. The van der Waals surface area contributed by atoms with E-state index in [-0.39, 0.29) is 18.9 Å². The topological polar surface area (TPSA) is 114 Å². The summed E-state index contributed by atoms with van der Waals surface area (Å²) in [5, 5.41) is 14.3. The van der Waals surface area contributed by atoms with Gasteiger partial charge in [-0.2, -0.15) is 0 Å². The number of aliphatic carboxylic acids is 1. The van der Waals surface area contributed by atoms with E-state index in [1.165, 1.54) is 7.11 Å². The SMILES string of the molecule is CCCC(NC(=O)C(NC(=O)OCC1c2ccccc2-c2ccccc21)C(C)OC)C(=O)O. The van der Waals surface area contributed by atoms with Crippen molar-refractivity contribution in [2.24, 2.45) is 0 Å². The Bertz CT molecular complexity index is 962. The zero-order valence-electron chi connectivity index (χ0n) is 19.0. The molecule has 0 radical (unpaired) electrons. The Morgan fingerprint density at radius 2 is 1.58 bits per heavy atom. The van der Waals surface area contributed by atoms with Gasteiger partial charge < -0.3 is 25.2 Å². The molecule has 3 unspecified atom stereocenters. The van der Waals surface area contributed by atoms with Crippen LogP contribution in [0.1, 0.15) is 43.7 Å². The number of rotatable bonds is 10. The van der Waals surface area contributed by atoms with E-state index in [1.54, 1.807) is 6.92 Å². The Morgan fingerprint density at radius 3 is 2.09 bits per heavy atom. The van der Waals surface area contributed by atoms with Gasteiger partial charge in [0.05, 0.1) is 6.10 Å². The third kappa shape index (κ3) is 5.51. The summed E-state index contributed by atoms with van der Waals surface area (Å²) in [6, 6.07) is 13.8. The standard InChI is InChI=1S/C25H30N2O6/c1-4-9-21(24(29)30)26-23(28)22(15(2)32-3)27-25(31)33-14-20-18-12-7-5-10-16(18)17-11-6-8-13-19(17)20/h5-8,10-13,15,20-22H,4,9,14H2,1-3H3,(H,26,28)(H,27,31)(H,29,30). The molecule has 1 aliphatic rings. The second-order valence-electron chi connectivity index (χ2n) is 8.08. The van der Waals surface area contributed by atoms with E-state index < -0.39 is 36.2 Å². The molecule has 0 aromatic heterocycles. The number of carboxylic acids is 1. The zero-order chi connectivity index (χ0) is 24.0. The predicted molar refractivity (Wildman–Crippen MR) is 123 cm³/mol. The van der Waals surface area contributed by atoms with Gasteiger partial charge in [-0.3, -0.25) is 4.79 Å². The van der Waals surface area contributed by atoms with Crippen LogP contribution in [0.25, 0.3) is 11.1 Å². The lowest BCUT2D eigenvalue weighted by Crippen LogP contribution is -2.56. The summed E-state index contributed by atoms with van der Waals surface area (Å²) in [5.74, 6) is -1.88. The number of benzene rings is 2. The summed E-state index contributed by atoms with van der Waals surface area (Å²) in [4.78, 5) is 36.8. The molecule has 3 rings (SSSR count). The Balaban J connectivity index is 1.68. The first-order chi connectivity index (χ1) is 15.9. The van der Waals surface area contributed by atoms with E-state index in [2.05, 4.69) is 10.6 Å². The molecule has 3 atom stereocenters. The largest absolute Gasteiger partial charge is 0.480 e. The molecule has 0 spiro atoms. The van der Waals surface area contributed by atoms with Gasteiger partial charge in [-0.05, 0) is 35.6 Å². The van der Waals surface area contributed by atoms with Crippen molar-refractivity contribution in [3.8, 4) is 11.1 Å². The van der Waals surface area contributed by atoms with Crippen LogP contribution in [0.3, 0.4) is 0 Å². The van der Waals surface area contributed by atoms with Gasteiger partial charge in [0.15, 0.2) is 0 Å². The maximum atomic E-state index is 12.7. The lowest BCUT2D eigenvalue weighted by Gasteiger charge is -2.25. The number of hydrogen-bond acceptors (Lipinski definition) is 5. The number of carbonyl (C=O) groups is 3. The fraction of sp³-hybridized carbons (Fsp3) is 0.400. The van der Waals surface area contributed by atoms with Crippen LogP contribution in [0.5, 0.6) is 0 Å². The number of amides is 2. The summed E-state index contributed by atoms with van der Waals surface area (Å²) >= 11 is 0. The first-order valence-electron chi connectivity index (χ1n) is 11.0. The Labute approximate surface area is 193 Å². The van der Waals surface area contributed by atoms with Crippen molar-refractivity contribution in [1.82, 2.24) is 10.6 Å². The third-order valence-electron chi connectivity index (χ3n) is 5.93. The zero-order valence-corrected chi connectivity index (χ0v) is 19.0. The minimum atomic E-state index is -1.13. The Kier molecular flexibility index (Phi) is 8.06. The Hall–Kier alpha value is -3.39. The molecule has 0 aliphatic heterocycles. The van der Waals surface area contributed by atoms with Gasteiger partial charge in [-0.15, -0.1) is 0 Å². The van der Waals surface area contributed by atoms with Gasteiger partial charge in [0.1, 0.15) is 18.7 Å². The average Bonchev–Trinajstić information content (AvgIpc) is 3.14. The van der Waals surface area contributed by atoms with Crippen LogP contribution < -0.4 is 10.6 Å². The van der Waals surface area contributed by atoms with Crippen LogP contribution >= 0.6 is 0 Å². The first kappa shape index (κ1) is 24.3. The van der Waals surface area contributed by atoms with E-state index in [0.717, 1.165) is 22.3 Å². The van der Waals surface area contributed by atoms with Crippen LogP contribution in [0.15, 0.2) is 48.5 Å². The molecule has 2 aromatic carbocycles. The molecule has 2 amide bonds. The van der Waals surface area contributed by atoms with Crippen LogP contribution in [-0.2, 0) is 19.1 Å². The van der Waals surface area contributed by atoms with Gasteiger partial charge in [0.2, 0.25) is 5.91 Å². The molecule has 0 bridgehead atoms. The quantitative estimate of drug-likeness (QED) is 0.508. The smallest absolute Gasteiger partial charge is 0.407 e. The van der Waals surface area contributed by atoms with Gasteiger partial charge in [0.25, 0.3) is 0 Å². The van der Waals surface area contributed by atoms with Crippen molar-refractivity contribution in [2.75, 3.05) is 13.7 Å². The number of fused-ring (bicyclic) bond motifs is 3. The van der Waals surface area contributed by atoms with Crippen LogP contribution in [0.2, 0.25) is 0 Å². The molecule has 33 heavy (non-hydrogen) atoms. The molecule has 0 saturated heterocycles. The highest BCUT2D eigenvalue weighted by Crippen LogP contribution is 2.44. The molecule has 1 aliphatic carbocycles. The van der Waals surface area contributed by atoms with Crippen molar-refractivity contribution >= 4 is 18.0 Å². The number of hydrogen-bond donors (Lipinski definition) is 3. The second-order valence-corrected chi connectivity index (χ2v) is 8.08. The summed E-state index contributed by atoms with van der Waals surface area (Å²) in [6.07, 6.45) is -0.605. The summed E-state index contributed by atoms with van der Waals surface area (Å²) in [7, 11) is 1.41. The van der Waals surface area contributed by atoms with E-state index in [0.29, 0.717) is 6.42 Å². The lowest BCUT2D eigenvalue weighted by atomic mass is 9.98. The molecular formula is C25H30N2O6. The summed E-state index contributed by atoms with van der Waals surface area (Å²) in [5.41, 5.74) is 4.39. The van der Waals surface area contributed by atoms with Gasteiger partial charge in [-0.1, -0.05) is 61.9 Å². The molecule has 0 fully saturated rings. The third-order valence-corrected chi connectivity index (χ3v) is 5.93. The monoisotopic (exact) mass is 454 g/mol. The molecule has 3 N–H and O–H groups in total. The van der Waals surface area contributed by atoms with Crippen molar-refractivity contribution in [2.45, 2.75) is 50.8 Å². The highest BCUT2D eigenvalue weighted by molar-refractivity contribution is 5.89. The first-order valence-corrected chi connectivity index (χ1v) is 11.0. The summed E-state index contributed by atoms with van der Waals surface area (Å²) in [6.45, 7) is 3.54. The number of carbonyl (C=O) groups excluding carboxylic acids is 2. The van der Waals surface area contributed by atoms with Crippen molar-refractivity contribution < 1.29 is 29.0 Å². The molecule has 8 heteroatoms. The van der Waals surface area contributed by atoms with Gasteiger partial charge >= 0.3 is 12.1 Å². The van der Waals surface area contributed by atoms with Crippen molar-refractivity contribution in [1.29, 1.82) is 0 Å². The van der Waals surface area contributed by atoms with E-state index >= 15 is 0 Å². The van der Waals surface area contributed by atoms with Crippen molar-refractivity contribution in [3.63, 3.8) is 0 Å². The fourth-order valence-electron chi connectivity index (χ4n) is 4.11. The van der Waals surface area contributed by atoms with Crippen LogP contribution in [0.4, 0.5) is 4.79 Å². The molecule has 0 heterocycles. The number of nitrogens with one attached hydrogen (secondary N) is 2. The minimum Gasteiger partial charge on any atom is -0.480 e. The molecule has 8 nitrogen and oxygen atoms in total. The normalized spacial score (nSPS) is 15.0. The van der Waals surface area contributed by atoms with E-state index in [4.69, 9.17) is 9.47 Å². The maximum absolute atomic E-state index is 12.7. The molecule has 176 valence electrons. The van der Waals surface area contributed by atoms with E-state index in [9.17, 15) is 19.5 Å². The highest BCUT2D eigenvalue weighted by atomic mass is 16.5. The molecular weight excluding hydrogens is 424 g/mol. The fourth-order valence-corrected chi connectivity index (χ4v) is 4.11. The second kappa shape index (κ2) is 11.0. The predicted octanol–water partition coefficient (Wildman–Crippen LogP) is 3.30. The average molecular weight is 455 g/mol. The number of alkyl carbamates (subject to hydrolysis) is 1. The number of methoxy groups -OCH3 is 1. The highest BCUT2D eigenvalue weighted by Gasteiger charge is 2.32. The van der Waals surface area contributed by atoms with Crippen LogP contribution in [0, 0.1) is 0 Å². The number of carboxylic acid groups (broad SMARTS) is 1. The van der Waals surface area contributed by atoms with Crippen LogP contribution in [-0.4, -0.2) is 55.0 Å². The minimum absolute atomic E-state index is 0.100. The van der Waals surface area contributed by atoms with Gasteiger partial charge in [-0.25, -0.2) is 9.59 Å². The molecule has 2 aromatic rings. The lowest BCUT2D eigenvalue weighted by molar-refractivity contribution is -0.142. The van der Waals surface area contributed by atoms with Gasteiger partial charge in [0, 0.05) is 13.0 Å². The van der Waals surface area contributed by atoms with E-state index in [1.807, 2.05) is 55.5 Å².